The van der Waals surface area contributed by atoms with Crippen LogP contribution in [0, 0.1) is 0 Å². The van der Waals surface area contributed by atoms with Crippen molar-refractivity contribution in [2.45, 2.75) is 52.4 Å². The molecule has 2 amide bonds. The Labute approximate surface area is 165 Å². The molecule has 1 aliphatic heterocycles. The SMILES string of the molecule is COCCN1C(=O)S/C(=C/c2cc(C(C)(C)C)c(O)c(C(C)(C)C)c2)C1=O. The number of rotatable bonds is 4. The van der Waals surface area contributed by atoms with Crippen LogP contribution in [0.15, 0.2) is 17.0 Å². The van der Waals surface area contributed by atoms with Crippen molar-refractivity contribution in [1.82, 2.24) is 4.90 Å². The molecule has 148 valence electrons. The van der Waals surface area contributed by atoms with Crippen molar-refractivity contribution in [3.8, 4) is 5.75 Å². The first-order valence-electron chi connectivity index (χ1n) is 8.98. The van der Waals surface area contributed by atoms with Crippen molar-refractivity contribution in [1.29, 1.82) is 0 Å². The highest BCUT2D eigenvalue weighted by molar-refractivity contribution is 8.18. The predicted molar refractivity (Wildman–Crippen MR) is 110 cm³/mol. The highest BCUT2D eigenvalue weighted by Gasteiger charge is 2.35. The second-order valence-corrected chi connectivity index (χ2v) is 9.78. The van der Waals surface area contributed by atoms with E-state index in [1.165, 1.54) is 12.0 Å². The molecule has 0 unspecified atom stereocenters. The van der Waals surface area contributed by atoms with Gasteiger partial charge in [-0.2, -0.15) is 0 Å². The number of imide groups is 1. The molecule has 1 aromatic rings. The van der Waals surface area contributed by atoms with E-state index in [9.17, 15) is 14.7 Å². The fraction of sp³-hybridized carbons (Fsp3) is 0.524. The maximum absolute atomic E-state index is 12.6. The number of aromatic hydroxyl groups is 1. The zero-order valence-corrected chi connectivity index (χ0v) is 18.0. The van der Waals surface area contributed by atoms with Gasteiger partial charge < -0.3 is 9.84 Å². The molecule has 1 saturated heterocycles. The van der Waals surface area contributed by atoms with E-state index in [1.54, 1.807) is 6.08 Å². The van der Waals surface area contributed by atoms with Gasteiger partial charge >= 0.3 is 0 Å². The van der Waals surface area contributed by atoms with Crippen LogP contribution in [0.5, 0.6) is 5.75 Å². The summed E-state index contributed by atoms with van der Waals surface area (Å²) in [5.41, 5.74) is 1.93. The van der Waals surface area contributed by atoms with Crippen molar-refractivity contribution < 1.29 is 19.4 Å². The van der Waals surface area contributed by atoms with E-state index in [4.69, 9.17) is 4.74 Å². The van der Waals surface area contributed by atoms with Gasteiger partial charge in [-0.25, -0.2) is 0 Å². The van der Waals surface area contributed by atoms with E-state index in [0.29, 0.717) is 17.3 Å². The Morgan fingerprint density at radius 3 is 2.04 bits per heavy atom. The topological polar surface area (TPSA) is 66.8 Å². The molecule has 1 fully saturated rings. The average molecular weight is 392 g/mol. The van der Waals surface area contributed by atoms with E-state index in [1.807, 2.05) is 53.7 Å². The zero-order valence-electron chi connectivity index (χ0n) is 17.2. The zero-order chi connectivity index (χ0) is 20.6. The van der Waals surface area contributed by atoms with Crippen LogP contribution >= 0.6 is 11.8 Å². The summed E-state index contributed by atoms with van der Waals surface area (Å²) in [6.07, 6.45) is 1.74. The summed E-state index contributed by atoms with van der Waals surface area (Å²) in [7, 11) is 1.54. The number of nitrogens with zero attached hydrogens (tertiary/aromatic N) is 1. The summed E-state index contributed by atoms with van der Waals surface area (Å²) in [6, 6.07) is 3.79. The number of benzene rings is 1. The van der Waals surface area contributed by atoms with Crippen LogP contribution < -0.4 is 0 Å². The number of phenols is 1. The predicted octanol–water partition coefficient (Wildman–Crippen LogP) is 4.67. The normalized spacial score (nSPS) is 17.3. The molecule has 1 aromatic carbocycles. The highest BCUT2D eigenvalue weighted by atomic mass is 32.2. The fourth-order valence-corrected chi connectivity index (χ4v) is 3.78. The molecule has 1 aliphatic rings. The van der Waals surface area contributed by atoms with Crippen LogP contribution in [-0.4, -0.2) is 41.4 Å². The number of hydrogen-bond acceptors (Lipinski definition) is 5. The van der Waals surface area contributed by atoms with Crippen molar-refractivity contribution in [2.75, 3.05) is 20.3 Å². The Bertz CT molecular complexity index is 749. The third-order valence-corrected chi connectivity index (χ3v) is 5.35. The molecule has 5 nitrogen and oxygen atoms in total. The first kappa shape index (κ1) is 21.5. The standard InChI is InChI=1S/C21H29NO4S/c1-20(2,3)14-10-13(11-15(17(14)23)21(4,5)6)12-16-18(24)22(8-9-26-7)19(25)27-16/h10-12,23H,8-9H2,1-7H3/b16-12+. The Kier molecular flexibility index (Phi) is 6.12. The minimum absolute atomic E-state index is 0.245. The Hall–Kier alpha value is -1.79. The van der Waals surface area contributed by atoms with Gasteiger partial charge in [0.2, 0.25) is 0 Å². The number of methoxy groups -OCH3 is 1. The molecule has 0 radical (unpaired) electrons. The van der Waals surface area contributed by atoms with Crippen LogP contribution in [0.2, 0.25) is 0 Å². The smallest absolute Gasteiger partial charge is 0.293 e. The molecule has 0 atom stereocenters. The maximum atomic E-state index is 12.6. The van der Waals surface area contributed by atoms with Gasteiger partial charge in [0.1, 0.15) is 5.75 Å². The summed E-state index contributed by atoms with van der Waals surface area (Å²) < 4.78 is 4.97. The van der Waals surface area contributed by atoms with E-state index in [-0.39, 0.29) is 28.5 Å². The first-order valence-corrected chi connectivity index (χ1v) is 9.80. The van der Waals surface area contributed by atoms with Gasteiger partial charge in [0.05, 0.1) is 18.1 Å². The number of carbonyl (C=O) groups excluding carboxylic acids is 2. The minimum atomic E-state index is -0.301. The van der Waals surface area contributed by atoms with Gasteiger partial charge in [0.25, 0.3) is 11.1 Å². The molecular weight excluding hydrogens is 362 g/mol. The minimum Gasteiger partial charge on any atom is -0.507 e. The number of carbonyl (C=O) groups is 2. The summed E-state index contributed by atoms with van der Waals surface area (Å²) in [5.74, 6) is -0.00917. The molecule has 2 rings (SSSR count). The van der Waals surface area contributed by atoms with E-state index in [2.05, 4.69) is 0 Å². The summed E-state index contributed by atoms with van der Waals surface area (Å²) >= 11 is 0.938. The summed E-state index contributed by atoms with van der Waals surface area (Å²) in [6.45, 7) is 12.8. The number of phenolic OH excluding ortho intramolecular Hbond substituents is 1. The Morgan fingerprint density at radius 2 is 1.59 bits per heavy atom. The molecule has 1 N–H and O–H groups in total. The van der Waals surface area contributed by atoms with Gasteiger partial charge in [0, 0.05) is 18.2 Å². The van der Waals surface area contributed by atoms with Crippen molar-refractivity contribution >= 4 is 29.0 Å². The molecule has 0 saturated carbocycles. The molecule has 1 heterocycles. The van der Waals surface area contributed by atoms with Gasteiger partial charge in [-0.15, -0.1) is 0 Å². The molecular formula is C21H29NO4S. The fourth-order valence-electron chi connectivity index (χ4n) is 2.91. The van der Waals surface area contributed by atoms with Crippen molar-refractivity contribution in [3.05, 3.63) is 33.7 Å². The Balaban J connectivity index is 2.52. The largest absolute Gasteiger partial charge is 0.507 e. The molecule has 0 spiro atoms. The van der Waals surface area contributed by atoms with E-state index < -0.39 is 0 Å². The van der Waals surface area contributed by atoms with Crippen LogP contribution in [0.25, 0.3) is 6.08 Å². The van der Waals surface area contributed by atoms with Gasteiger partial charge in [-0.3, -0.25) is 14.5 Å². The number of ether oxygens (including phenoxy) is 1. The molecule has 0 aliphatic carbocycles. The second kappa shape index (κ2) is 7.68. The lowest BCUT2D eigenvalue weighted by Gasteiger charge is -2.28. The van der Waals surface area contributed by atoms with Crippen molar-refractivity contribution in [2.24, 2.45) is 0 Å². The number of hydrogen-bond donors (Lipinski definition) is 1. The van der Waals surface area contributed by atoms with Crippen LogP contribution in [0.3, 0.4) is 0 Å². The highest BCUT2D eigenvalue weighted by Crippen LogP contribution is 2.41. The first-order chi connectivity index (χ1) is 12.4. The summed E-state index contributed by atoms with van der Waals surface area (Å²) in [5, 5.41) is 10.5. The number of amides is 2. The van der Waals surface area contributed by atoms with Gasteiger partial charge in [0.15, 0.2) is 0 Å². The monoisotopic (exact) mass is 391 g/mol. The van der Waals surface area contributed by atoms with Crippen LogP contribution in [0.4, 0.5) is 4.79 Å². The maximum Gasteiger partial charge on any atom is 0.293 e. The Morgan fingerprint density at radius 1 is 1.07 bits per heavy atom. The van der Waals surface area contributed by atoms with Crippen LogP contribution in [-0.2, 0) is 20.4 Å². The molecule has 6 heteroatoms. The lowest BCUT2D eigenvalue weighted by molar-refractivity contribution is -0.123. The third-order valence-electron chi connectivity index (χ3n) is 4.44. The lowest BCUT2D eigenvalue weighted by atomic mass is 9.78. The average Bonchev–Trinajstić information content (AvgIpc) is 2.78. The van der Waals surface area contributed by atoms with Crippen LogP contribution in [0.1, 0.15) is 58.2 Å². The molecule has 0 bridgehead atoms. The van der Waals surface area contributed by atoms with E-state index >= 15 is 0 Å². The molecule has 0 aromatic heterocycles. The summed E-state index contributed by atoms with van der Waals surface area (Å²) in [4.78, 5) is 26.3. The van der Waals surface area contributed by atoms with E-state index in [0.717, 1.165) is 28.5 Å². The number of thioether (sulfide) groups is 1. The van der Waals surface area contributed by atoms with Gasteiger partial charge in [-0.1, -0.05) is 41.5 Å². The third kappa shape index (κ3) is 4.74. The van der Waals surface area contributed by atoms with Gasteiger partial charge in [-0.05, 0) is 46.4 Å². The lowest BCUT2D eigenvalue weighted by Crippen LogP contribution is -2.31. The quantitative estimate of drug-likeness (QED) is 0.756. The molecule has 27 heavy (non-hydrogen) atoms. The second-order valence-electron chi connectivity index (χ2n) is 8.79. The van der Waals surface area contributed by atoms with Crippen molar-refractivity contribution in [3.63, 3.8) is 0 Å².